The number of amides is 3. The van der Waals surface area contributed by atoms with Gasteiger partial charge in [0.25, 0.3) is 11.8 Å². The molecule has 7 nitrogen and oxygen atoms in total. The highest BCUT2D eigenvalue weighted by Crippen LogP contribution is 2.22. The second-order valence-electron chi connectivity index (χ2n) is 6.69. The third-order valence-electron chi connectivity index (χ3n) is 4.54. The maximum Gasteiger partial charge on any atom is 0.269 e. The Morgan fingerprint density at radius 2 is 1.87 bits per heavy atom. The van der Waals surface area contributed by atoms with Crippen LogP contribution in [0.5, 0.6) is 0 Å². The Balaban J connectivity index is 1.84. The minimum absolute atomic E-state index is 0.0721. The van der Waals surface area contributed by atoms with Crippen molar-refractivity contribution in [1.82, 2.24) is 20.7 Å². The number of nitrogens with one attached hydrogen (secondary N) is 2. The Hall–Kier alpha value is -3.33. The first kappa shape index (κ1) is 21.4. The molecule has 0 saturated carbocycles. The number of carbonyl (C=O) groups is 3. The molecule has 1 aliphatic rings. The Bertz CT molecular complexity index is 970. The average molecular weight is 428 g/mol. The summed E-state index contributed by atoms with van der Waals surface area (Å²) in [7, 11) is 0. The lowest BCUT2D eigenvalue weighted by atomic mass is 10.1. The molecule has 9 heteroatoms. The molecule has 1 atom stereocenters. The number of hydrogen-bond acceptors (Lipinski definition) is 4. The van der Waals surface area contributed by atoms with Crippen LogP contribution in [-0.4, -0.2) is 45.3 Å². The van der Waals surface area contributed by atoms with E-state index in [2.05, 4.69) is 10.7 Å². The molecule has 30 heavy (non-hydrogen) atoms. The van der Waals surface area contributed by atoms with Gasteiger partial charge in [0.05, 0.1) is 13.0 Å². The molecule has 3 amide bonds. The molecule has 1 unspecified atom stereocenters. The van der Waals surface area contributed by atoms with Crippen molar-refractivity contribution in [2.45, 2.75) is 25.9 Å². The maximum atomic E-state index is 13.5. The highest BCUT2D eigenvalue weighted by atomic mass is 32.1. The molecule has 2 aromatic rings. The molecule has 0 aliphatic carbocycles. The molecule has 0 bridgehead atoms. The van der Waals surface area contributed by atoms with Crippen molar-refractivity contribution in [3.05, 3.63) is 71.5 Å². The van der Waals surface area contributed by atoms with Crippen molar-refractivity contribution in [3.63, 3.8) is 0 Å². The third-order valence-corrected chi connectivity index (χ3v) is 4.96. The van der Waals surface area contributed by atoms with Gasteiger partial charge in [-0.3, -0.25) is 24.7 Å². The summed E-state index contributed by atoms with van der Waals surface area (Å²) in [6, 6.07) is 13.4. The molecule has 2 N–H and O–H groups in total. The summed E-state index contributed by atoms with van der Waals surface area (Å²) in [6.45, 7) is 2.38. The molecule has 0 aromatic heterocycles. The fourth-order valence-electron chi connectivity index (χ4n) is 3.11. The van der Waals surface area contributed by atoms with Crippen molar-refractivity contribution < 1.29 is 18.8 Å². The number of thiocarbonyl (C=S) groups is 1. The van der Waals surface area contributed by atoms with Gasteiger partial charge >= 0.3 is 0 Å². The van der Waals surface area contributed by atoms with Gasteiger partial charge in [-0.25, -0.2) is 9.40 Å². The monoisotopic (exact) mass is 428 g/mol. The summed E-state index contributed by atoms with van der Waals surface area (Å²) in [4.78, 5) is 39.2. The van der Waals surface area contributed by atoms with Crippen LogP contribution < -0.4 is 10.7 Å². The fourth-order valence-corrected chi connectivity index (χ4v) is 3.44. The Labute approximate surface area is 178 Å². The molecular formula is C21H21FN4O3S. The minimum atomic E-state index is -0.995. The number of hydrazine groups is 1. The van der Waals surface area contributed by atoms with Crippen LogP contribution in [0.25, 0.3) is 0 Å². The van der Waals surface area contributed by atoms with Gasteiger partial charge in [0.1, 0.15) is 11.9 Å². The lowest BCUT2D eigenvalue weighted by molar-refractivity contribution is -0.132. The van der Waals surface area contributed by atoms with E-state index >= 15 is 0 Å². The standard InChI is InChI=1S/C21H21FN4O3S/c1-2-23-18(27)12-17-20(29)25(13-14-7-4-3-5-8-14)21(30)26(17)24-19(28)15-9-6-10-16(22)11-15/h3-11,17H,2,12-13H2,1H3,(H,23,27)(H,24,28). The van der Waals surface area contributed by atoms with Crippen LogP contribution in [0.1, 0.15) is 29.3 Å². The van der Waals surface area contributed by atoms with Crippen LogP contribution in [0, 0.1) is 5.82 Å². The van der Waals surface area contributed by atoms with Crippen LogP contribution in [0.4, 0.5) is 4.39 Å². The second kappa shape index (κ2) is 9.45. The Kier molecular flexibility index (Phi) is 6.73. The number of halogens is 1. The first-order valence-electron chi connectivity index (χ1n) is 9.42. The fraction of sp³-hybridized carbons (Fsp3) is 0.238. The van der Waals surface area contributed by atoms with Crippen molar-refractivity contribution >= 4 is 35.1 Å². The van der Waals surface area contributed by atoms with Crippen LogP contribution in [0.15, 0.2) is 54.6 Å². The Morgan fingerprint density at radius 1 is 1.13 bits per heavy atom. The third kappa shape index (κ3) is 4.80. The molecule has 2 aromatic carbocycles. The lowest BCUT2D eigenvalue weighted by Crippen LogP contribution is -2.50. The largest absolute Gasteiger partial charge is 0.356 e. The van der Waals surface area contributed by atoms with Gasteiger partial charge < -0.3 is 5.32 Å². The van der Waals surface area contributed by atoms with E-state index in [4.69, 9.17) is 12.2 Å². The van der Waals surface area contributed by atoms with E-state index in [1.807, 2.05) is 30.3 Å². The van der Waals surface area contributed by atoms with Gasteiger partial charge in [0, 0.05) is 12.1 Å². The van der Waals surface area contributed by atoms with E-state index in [9.17, 15) is 18.8 Å². The van der Waals surface area contributed by atoms with E-state index in [-0.39, 0.29) is 29.5 Å². The quantitative estimate of drug-likeness (QED) is 0.660. The van der Waals surface area contributed by atoms with Gasteiger partial charge in [-0.15, -0.1) is 0 Å². The van der Waals surface area contributed by atoms with Crippen molar-refractivity contribution in [2.75, 3.05) is 6.54 Å². The zero-order chi connectivity index (χ0) is 21.7. The maximum absolute atomic E-state index is 13.5. The Morgan fingerprint density at radius 3 is 2.53 bits per heavy atom. The second-order valence-corrected chi connectivity index (χ2v) is 7.05. The summed E-state index contributed by atoms with van der Waals surface area (Å²) in [5.41, 5.74) is 3.48. The van der Waals surface area contributed by atoms with E-state index in [1.54, 1.807) is 6.92 Å². The van der Waals surface area contributed by atoms with Gasteiger partial charge in [0.15, 0.2) is 5.11 Å². The number of carbonyl (C=O) groups excluding carboxylic acids is 3. The topological polar surface area (TPSA) is 81.8 Å². The van der Waals surface area contributed by atoms with Gasteiger partial charge in [-0.2, -0.15) is 0 Å². The molecule has 0 spiro atoms. The summed E-state index contributed by atoms with van der Waals surface area (Å²) >= 11 is 5.44. The van der Waals surface area contributed by atoms with Crippen LogP contribution in [0.2, 0.25) is 0 Å². The lowest BCUT2D eigenvalue weighted by Gasteiger charge is -2.24. The molecule has 0 radical (unpaired) electrons. The molecule has 156 valence electrons. The number of benzene rings is 2. The highest BCUT2D eigenvalue weighted by Gasteiger charge is 2.44. The number of hydrogen-bond donors (Lipinski definition) is 2. The highest BCUT2D eigenvalue weighted by molar-refractivity contribution is 7.80. The zero-order valence-electron chi connectivity index (χ0n) is 16.3. The van der Waals surface area contributed by atoms with E-state index in [1.165, 1.54) is 28.1 Å². The zero-order valence-corrected chi connectivity index (χ0v) is 17.1. The molecular weight excluding hydrogens is 407 g/mol. The van der Waals surface area contributed by atoms with Gasteiger partial charge in [0.2, 0.25) is 5.91 Å². The number of rotatable bonds is 7. The smallest absolute Gasteiger partial charge is 0.269 e. The predicted molar refractivity (Wildman–Crippen MR) is 112 cm³/mol. The van der Waals surface area contributed by atoms with Crippen LogP contribution in [-0.2, 0) is 16.1 Å². The van der Waals surface area contributed by atoms with Crippen molar-refractivity contribution in [1.29, 1.82) is 0 Å². The van der Waals surface area contributed by atoms with Gasteiger partial charge in [-0.1, -0.05) is 36.4 Å². The average Bonchev–Trinajstić information content (AvgIpc) is 2.93. The molecule has 1 aliphatic heterocycles. The normalized spacial score (nSPS) is 16.0. The molecule has 1 heterocycles. The van der Waals surface area contributed by atoms with E-state index in [0.717, 1.165) is 11.6 Å². The van der Waals surface area contributed by atoms with Gasteiger partial charge in [-0.05, 0) is 42.9 Å². The first-order chi connectivity index (χ1) is 14.4. The molecule has 3 rings (SSSR count). The number of nitrogens with zero attached hydrogens (tertiary/aromatic N) is 2. The SMILES string of the molecule is CCNC(=O)CC1C(=O)N(Cc2ccccc2)C(=S)N1NC(=O)c1cccc(F)c1. The molecule has 1 fully saturated rings. The van der Waals surface area contributed by atoms with E-state index < -0.39 is 23.7 Å². The van der Waals surface area contributed by atoms with Crippen molar-refractivity contribution in [2.24, 2.45) is 0 Å². The van der Waals surface area contributed by atoms with Crippen LogP contribution in [0.3, 0.4) is 0 Å². The predicted octanol–water partition coefficient (Wildman–Crippen LogP) is 1.99. The summed E-state index contributed by atoms with van der Waals surface area (Å²) < 4.78 is 13.5. The summed E-state index contributed by atoms with van der Waals surface area (Å²) in [5.74, 6) is -1.93. The summed E-state index contributed by atoms with van der Waals surface area (Å²) in [5, 5.41) is 3.93. The molecule has 1 saturated heterocycles. The van der Waals surface area contributed by atoms with Crippen LogP contribution >= 0.6 is 12.2 Å². The minimum Gasteiger partial charge on any atom is -0.356 e. The first-order valence-corrected chi connectivity index (χ1v) is 9.83. The summed E-state index contributed by atoms with van der Waals surface area (Å²) in [6.07, 6.45) is -0.179. The van der Waals surface area contributed by atoms with Crippen molar-refractivity contribution in [3.8, 4) is 0 Å². The van der Waals surface area contributed by atoms with E-state index in [0.29, 0.717) is 6.54 Å².